The van der Waals surface area contributed by atoms with E-state index in [-0.39, 0.29) is 29.6 Å². The lowest BCUT2D eigenvalue weighted by molar-refractivity contribution is -0.117. The van der Waals surface area contributed by atoms with Crippen molar-refractivity contribution in [2.45, 2.75) is 65.8 Å². The molecular weight excluding hydrogens is 254 g/mol. The van der Waals surface area contributed by atoms with Crippen LogP contribution >= 0.6 is 0 Å². The van der Waals surface area contributed by atoms with Crippen molar-refractivity contribution in [3.05, 3.63) is 11.3 Å². The van der Waals surface area contributed by atoms with Crippen molar-refractivity contribution in [2.75, 3.05) is 6.61 Å². The molecule has 0 aromatic rings. The summed E-state index contributed by atoms with van der Waals surface area (Å²) in [6, 6.07) is -0.198. The number of ketones is 1. The van der Waals surface area contributed by atoms with E-state index >= 15 is 0 Å². The fourth-order valence-electron chi connectivity index (χ4n) is 2.57. The number of allylic oxidation sites excluding steroid dienone is 2. The monoisotopic (exact) mass is 281 g/mol. The Kier molecular flexibility index (Phi) is 5.93. The van der Waals surface area contributed by atoms with Gasteiger partial charge in [-0.25, -0.2) is 0 Å². The summed E-state index contributed by atoms with van der Waals surface area (Å²) in [6.07, 6.45) is 3.10. The van der Waals surface area contributed by atoms with Crippen molar-refractivity contribution in [1.82, 2.24) is 0 Å². The molecule has 0 saturated heterocycles. The molecule has 2 N–H and O–H groups in total. The molecule has 0 radical (unpaired) electrons. The van der Waals surface area contributed by atoms with E-state index in [4.69, 9.17) is 0 Å². The minimum atomic E-state index is -0.198. The summed E-state index contributed by atoms with van der Waals surface area (Å²) in [5.41, 5.74) is 0.927. The molecule has 0 aromatic heterocycles. The van der Waals surface area contributed by atoms with E-state index in [2.05, 4.69) is 4.99 Å². The first-order chi connectivity index (χ1) is 9.34. The second-order valence-electron chi connectivity index (χ2n) is 6.33. The van der Waals surface area contributed by atoms with Gasteiger partial charge in [0.1, 0.15) is 5.76 Å². The summed E-state index contributed by atoms with van der Waals surface area (Å²) < 4.78 is 0. The van der Waals surface area contributed by atoms with Gasteiger partial charge in [0, 0.05) is 18.6 Å². The molecule has 4 nitrogen and oxygen atoms in total. The zero-order valence-corrected chi connectivity index (χ0v) is 13.1. The average molecular weight is 281 g/mol. The summed E-state index contributed by atoms with van der Waals surface area (Å²) in [4.78, 5) is 16.9. The molecule has 1 saturated carbocycles. The lowest BCUT2D eigenvalue weighted by atomic mass is 9.73. The molecule has 20 heavy (non-hydrogen) atoms. The number of hydrogen-bond donors (Lipinski definition) is 2. The smallest absolute Gasteiger partial charge is 0.168 e. The highest BCUT2D eigenvalue weighted by atomic mass is 16.3. The standard InChI is InChI=1S/C16H27NO3/c1-5-7-13(19)15-12(17-11(6-2)10-18)8-16(3,4)9-14(15)20/h11,18-19H,5-10H2,1-4H3/t11-/m0/s1. The van der Waals surface area contributed by atoms with Crippen LogP contribution in [0.4, 0.5) is 0 Å². The number of hydrogen-bond acceptors (Lipinski definition) is 4. The minimum Gasteiger partial charge on any atom is -0.511 e. The zero-order valence-electron chi connectivity index (χ0n) is 13.1. The summed E-state index contributed by atoms with van der Waals surface area (Å²) in [5.74, 6) is 0.123. The average Bonchev–Trinajstić information content (AvgIpc) is 2.34. The predicted octanol–water partition coefficient (Wildman–Crippen LogP) is 3.20. The third-order valence-electron chi connectivity index (χ3n) is 3.65. The summed E-state index contributed by atoms with van der Waals surface area (Å²) in [7, 11) is 0. The van der Waals surface area contributed by atoms with Gasteiger partial charge < -0.3 is 10.2 Å². The Balaban J connectivity index is 3.23. The van der Waals surface area contributed by atoms with Crippen molar-refractivity contribution < 1.29 is 15.0 Å². The van der Waals surface area contributed by atoms with Crippen molar-refractivity contribution in [3.8, 4) is 0 Å². The van der Waals surface area contributed by atoms with Crippen molar-refractivity contribution in [3.63, 3.8) is 0 Å². The summed E-state index contributed by atoms with van der Waals surface area (Å²) in [5, 5.41) is 19.5. The van der Waals surface area contributed by atoms with Gasteiger partial charge >= 0.3 is 0 Å². The number of Topliss-reactive ketones (excluding diaryl/α,β-unsaturated/α-hetero) is 1. The van der Waals surface area contributed by atoms with E-state index in [9.17, 15) is 15.0 Å². The number of aliphatic hydroxyl groups is 2. The molecule has 114 valence electrons. The van der Waals surface area contributed by atoms with Crippen LogP contribution in [0.25, 0.3) is 0 Å². The highest BCUT2D eigenvalue weighted by Gasteiger charge is 2.36. The quantitative estimate of drug-likeness (QED) is 0.600. The molecule has 1 atom stereocenters. The molecule has 0 aliphatic heterocycles. The van der Waals surface area contributed by atoms with Crippen LogP contribution in [0.2, 0.25) is 0 Å². The SMILES string of the molecule is CCCC(O)=C1C(=O)CC(C)(C)CC1=N[C@@H](CC)CO. The lowest BCUT2D eigenvalue weighted by Gasteiger charge is -2.32. The third kappa shape index (κ3) is 4.17. The molecule has 0 unspecified atom stereocenters. The number of aliphatic imine (C=N–C) groups is 1. The molecule has 1 aliphatic rings. The Morgan fingerprint density at radius 1 is 1.35 bits per heavy atom. The fraction of sp³-hybridized carbons (Fsp3) is 0.750. The van der Waals surface area contributed by atoms with Gasteiger partial charge in [-0.2, -0.15) is 0 Å². The molecule has 4 heteroatoms. The van der Waals surface area contributed by atoms with E-state index in [0.29, 0.717) is 30.5 Å². The molecule has 0 bridgehead atoms. The Bertz CT molecular complexity index is 417. The molecule has 0 amide bonds. The van der Waals surface area contributed by atoms with Gasteiger partial charge in [-0.3, -0.25) is 9.79 Å². The van der Waals surface area contributed by atoms with Crippen LogP contribution in [0.3, 0.4) is 0 Å². The normalized spacial score (nSPS) is 24.9. The van der Waals surface area contributed by atoms with Gasteiger partial charge in [-0.05, 0) is 24.7 Å². The van der Waals surface area contributed by atoms with Gasteiger partial charge in [-0.15, -0.1) is 0 Å². The molecule has 1 fully saturated rings. The Morgan fingerprint density at radius 2 is 2.00 bits per heavy atom. The van der Waals surface area contributed by atoms with Gasteiger partial charge in [-0.1, -0.05) is 27.7 Å². The second kappa shape index (κ2) is 7.02. The van der Waals surface area contributed by atoms with E-state index in [1.165, 1.54) is 0 Å². The first kappa shape index (κ1) is 16.9. The second-order valence-corrected chi connectivity index (χ2v) is 6.33. The molecule has 0 spiro atoms. The maximum absolute atomic E-state index is 12.3. The van der Waals surface area contributed by atoms with Gasteiger partial charge in [0.25, 0.3) is 0 Å². The fourth-order valence-corrected chi connectivity index (χ4v) is 2.57. The van der Waals surface area contributed by atoms with E-state index < -0.39 is 0 Å². The Morgan fingerprint density at radius 3 is 2.50 bits per heavy atom. The minimum absolute atomic E-state index is 0.0289. The summed E-state index contributed by atoms with van der Waals surface area (Å²) in [6.45, 7) is 7.96. The van der Waals surface area contributed by atoms with Crippen LogP contribution in [0, 0.1) is 5.41 Å². The third-order valence-corrected chi connectivity index (χ3v) is 3.65. The Hall–Kier alpha value is -1.16. The van der Waals surface area contributed by atoms with Crippen LogP contribution < -0.4 is 0 Å². The molecule has 0 heterocycles. The first-order valence-corrected chi connectivity index (χ1v) is 7.47. The van der Waals surface area contributed by atoms with Crippen LogP contribution in [-0.2, 0) is 4.79 Å². The largest absolute Gasteiger partial charge is 0.511 e. The summed E-state index contributed by atoms with van der Waals surface area (Å²) >= 11 is 0. The van der Waals surface area contributed by atoms with E-state index in [1.807, 2.05) is 27.7 Å². The molecule has 1 aliphatic carbocycles. The lowest BCUT2D eigenvalue weighted by Crippen LogP contribution is -2.33. The molecule has 0 aromatic carbocycles. The van der Waals surface area contributed by atoms with Crippen LogP contribution in [0.1, 0.15) is 59.8 Å². The molecule has 1 rings (SSSR count). The maximum atomic E-state index is 12.3. The van der Waals surface area contributed by atoms with Crippen LogP contribution in [0.5, 0.6) is 0 Å². The van der Waals surface area contributed by atoms with E-state index in [0.717, 1.165) is 12.8 Å². The van der Waals surface area contributed by atoms with Crippen LogP contribution in [0.15, 0.2) is 16.3 Å². The topological polar surface area (TPSA) is 69.9 Å². The highest BCUT2D eigenvalue weighted by molar-refractivity contribution is 6.24. The number of rotatable bonds is 5. The molecular formula is C16H27NO3. The van der Waals surface area contributed by atoms with Gasteiger partial charge in [0.05, 0.1) is 18.2 Å². The van der Waals surface area contributed by atoms with Crippen molar-refractivity contribution in [2.24, 2.45) is 10.4 Å². The van der Waals surface area contributed by atoms with Gasteiger partial charge in [0.2, 0.25) is 0 Å². The van der Waals surface area contributed by atoms with Crippen molar-refractivity contribution >= 4 is 11.5 Å². The predicted molar refractivity (Wildman–Crippen MR) is 81.2 cm³/mol. The number of carbonyl (C=O) groups excluding carboxylic acids is 1. The number of nitrogens with zero attached hydrogens (tertiary/aromatic N) is 1. The van der Waals surface area contributed by atoms with Crippen LogP contribution in [-0.4, -0.2) is 34.4 Å². The first-order valence-electron chi connectivity index (χ1n) is 7.47. The van der Waals surface area contributed by atoms with Crippen molar-refractivity contribution in [1.29, 1.82) is 0 Å². The Labute approximate surface area is 121 Å². The highest BCUT2D eigenvalue weighted by Crippen LogP contribution is 2.36. The zero-order chi connectivity index (χ0) is 15.3. The number of aliphatic hydroxyl groups excluding tert-OH is 2. The maximum Gasteiger partial charge on any atom is 0.168 e. The van der Waals surface area contributed by atoms with E-state index in [1.54, 1.807) is 0 Å². The number of carbonyl (C=O) groups is 1. The van der Waals surface area contributed by atoms with Gasteiger partial charge in [0.15, 0.2) is 5.78 Å².